The van der Waals surface area contributed by atoms with Crippen LogP contribution in [-0.2, 0) is 6.18 Å². The van der Waals surface area contributed by atoms with Gasteiger partial charge in [0.2, 0.25) is 0 Å². The Morgan fingerprint density at radius 2 is 1.55 bits per heavy atom. The third-order valence-corrected chi connectivity index (χ3v) is 2.96. The maximum absolute atomic E-state index is 12.9. The van der Waals surface area contributed by atoms with Crippen molar-refractivity contribution in [2.75, 3.05) is 5.32 Å². The van der Waals surface area contributed by atoms with Crippen molar-refractivity contribution in [1.29, 1.82) is 0 Å². The van der Waals surface area contributed by atoms with Gasteiger partial charge < -0.3 is 5.32 Å². The van der Waals surface area contributed by atoms with E-state index in [0.29, 0.717) is 5.69 Å². The summed E-state index contributed by atoms with van der Waals surface area (Å²) < 4.78 is 51.6. The number of hydrogen-bond donors (Lipinski definition) is 1. The summed E-state index contributed by atoms with van der Waals surface area (Å²) in [7, 11) is 0. The number of anilines is 1. The zero-order chi connectivity index (χ0) is 14.8. The summed E-state index contributed by atoms with van der Waals surface area (Å²) in [5.41, 5.74) is 0.0577. The summed E-state index contributed by atoms with van der Waals surface area (Å²) in [6.07, 6.45) is -4.39. The molecule has 0 aliphatic rings. The van der Waals surface area contributed by atoms with E-state index in [1.54, 1.807) is 13.0 Å². The maximum Gasteiger partial charge on any atom is 0.416 e. The molecule has 1 N–H and O–H groups in total. The molecule has 0 aromatic heterocycles. The Balaban J connectivity index is 2.25. The van der Waals surface area contributed by atoms with Gasteiger partial charge in [0.15, 0.2) is 0 Å². The molecule has 0 fully saturated rings. The molecule has 0 heterocycles. The monoisotopic (exact) mass is 283 g/mol. The normalized spacial score (nSPS) is 13.1. The zero-order valence-electron chi connectivity index (χ0n) is 10.7. The van der Waals surface area contributed by atoms with Crippen LogP contribution in [0.3, 0.4) is 0 Å². The molecule has 0 aliphatic carbocycles. The van der Waals surface area contributed by atoms with Gasteiger partial charge in [-0.2, -0.15) is 13.2 Å². The molecule has 1 nitrogen and oxygen atoms in total. The average molecular weight is 283 g/mol. The minimum Gasteiger partial charge on any atom is -0.379 e. The first-order chi connectivity index (χ1) is 9.38. The third-order valence-electron chi connectivity index (χ3n) is 2.96. The second kappa shape index (κ2) is 5.53. The van der Waals surface area contributed by atoms with Crippen LogP contribution in [0.15, 0.2) is 48.5 Å². The Hall–Kier alpha value is -2.04. The molecule has 1 unspecified atom stereocenters. The van der Waals surface area contributed by atoms with E-state index in [4.69, 9.17) is 0 Å². The minimum atomic E-state index is -4.39. The van der Waals surface area contributed by atoms with E-state index in [1.807, 2.05) is 0 Å². The Morgan fingerprint density at radius 1 is 0.950 bits per heavy atom. The number of alkyl halides is 3. The number of halogens is 4. The minimum absolute atomic E-state index is 0.157. The van der Waals surface area contributed by atoms with Crippen LogP contribution in [0.2, 0.25) is 0 Å². The molecular formula is C15H13F4N. The summed E-state index contributed by atoms with van der Waals surface area (Å²) in [6.45, 7) is 1.63. The molecule has 0 spiro atoms. The molecule has 0 saturated heterocycles. The molecule has 0 radical (unpaired) electrons. The smallest absolute Gasteiger partial charge is 0.379 e. The molecule has 20 heavy (non-hydrogen) atoms. The summed E-state index contributed by atoms with van der Waals surface area (Å²) in [6, 6.07) is 10.4. The van der Waals surface area contributed by atoms with Crippen molar-refractivity contribution >= 4 is 5.69 Å². The number of nitrogens with one attached hydrogen (secondary N) is 1. The Labute approximate surface area is 114 Å². The summed E-state index contributed by atoms with van der Waals surface area (Å²) in [5, 5.41) is 2.93. The topological polar surface area (TPSA) is 12.0 Å². The van der Waals surface area contributed by atoms with E-state index in [0.717, 1.165) is 6.07 Å². The highest BCUT2D eigenvalue weighted by atomic mass is 19.4. The first-order valence-electron chi connectivity index (χ1n) is 6.06. The zero-order valence-corrected chi connectivity index (χ0v) is 10.7. The first kappa shape index (κ1) is 14.4. The van der Waals surface area contributed by atoms with Crippen LogP contribution in [0.5, 0.6) is 0 Å². The van der Waals surface area contributed by atoms with Crippen LogP contribution >= 0.6 is 0 Å². The second-order valence-corrected chi connectivity index (χ2v) is 4.46. The molecule has 2 rings (SSSR count). The largest absolute Gasteiger partial charge is 0.416 e. The fourth-order valence-corrected chi connectivity index (χ4v) is 2.01. The highest BCUT2D eigenvalue weighted by molar-refractivity contribution is 5.46. The van der Waals surface area contributed by atoms with Crippen molar-refractivity contribution in [3.05, 3.63) is 65.5 Å². The van der Waals surface area contributed by atoms with Gasteiger partial charge in [-0.05, 0) is 42.8 Å². The molecule has 0 saturated carbocycles. The molecule has 2 aromatic carbocycles. The summed E-state index contributed by atoms with van der Waals surface area (Å²) in [4.78, 5) is 0. The Kier molecular flexibility index (Phi) is 3.97. The van der Waals surface area contributed by atoms with Crippen LogP contribution in [0.25, 0.3) is 0 Å². The highest BCUT2D eigenvalue weighted by Crippen LogP contribution is 2.35. The molecule has 0 aliphatic heterocycles. The molecule has 106 valence electrons. The van der Waals surface area contributed by atoms with Crippen molar-refractivity contribution in [1.82, 2.24) is 0 Å². The van der Waals surface area contributed by atoms with E-state index in [2.05, 4.69) is 5.32 Å². The molecule has 0 amide bonds. The van der Waals surface area contributed by atoms with E-state index >= 15 is 0 Å². The number of hydrogen-bond acceptors (Lipinski definition) is 1. The molecule has 2 aromatic rings. The number of benzene rings is 2. The number of rotatable bonds is 3. The molecule has 0 bridgehead atoms. The standard InChI is InChI=1S/C15H13F4N/c1-10(20-12-8-6-11(16)7-9-12)13-4-2-3-5-14(13)15(17,18)19/h2-10,20H,1H3. The Bertz CT molecular complexity index is 575. The van der Waals surface area contributed by atoms with Gasteiger partial charge >= 0.3 is 6.18 Å². The van der Waals surface area contributed by atoms with E-state index in [-0.39, 0.29) is 11.4 Å². The van der Waals surface area contributed by atoms with Gasteiger partial charge in [0.25, 0.3) is 0 Å². The van der Waals surface area contributed by atoms with Gasteiger partial charge in [0, 0.05) is 11.7 Å². The molecular weight excluding hydrogens is 270 g/mol. The van der Waals surface area contributed by atoms with Crippen LogP contribution in [-0.4, -0.2) is 0 Å². The SMILES string of the molecule is CC(Nc1ccc(F)cc1)c1ccccc1C(F)(F)F. The average Bonchev–Trinajstić information content (AvgIpc) is 2.40. The lowest BCUT2D eigenvalue weighted by atomic mass is 10.0. The lowest BCUT2D eigenvalue weighted by Crippen LogP contribution is -2.15. The quantitative estimate of drug-likeness (QED) is 0.780. The maximum atomic E-state index is 12.9. The van der Waals surface area contributed by atoms with Gasteiger partial charge in [-0.3, -0.25) is 0 Å². The first-order valence-corrected chi connectivity index (χ1v) is 6.06. The van der Waals surface area contributed by atoms with Gasteiger partial charge in [-0.1, -0.05) is 18.2 Å². The van der Waals surface area contributed by atoms with Crippen LogP contribution in [0, 0.1) is 5.82 Å². The second-order valence-electron chi connectivity index (χ2n) is 4.46. The predicted molar refractivity (Wildman–Crippen MR) is 69.9 cm³/mol. The van der Waals surface area contributed by atoms with Crippen molar-refractivity contribution in [2.45, 2.75) is 19.1 Å². The Morgan fingerprint density at radius 3 is 2.15 bits per heavy atom. The van der Waals surface area contributed by atoms with Crippen LogP contribution in [0.4, 0.5) is 23.2 Å². The lowest BCUT2D eigenvalue weighted by molar-refractivity contribution is -0.138. The van der Waals surface area contributed by atoms with Crippen LogP contribution in [0.1, 0.15) is 24.1 Å². The van der Waals surface area contributed by atoms with Crippen LogP contribution < -0.4 is 5.32 Å². The van der Waals surface area contributed by atoms with E-state index < -0.39 is 17.8 Å². The molecule has 5 heteroatoms. The highest BCUT2D eigenvalue weighted by Gasteiger charge is 2.34. The van der Waals surface area contributed by atoms with Gasteiger partial charge in [-0.25, -0.2) is 4.39 Å². The third kappa shape index (κ3) is 3.29. The summed E-state index contributed by atoms with van der Waals surface area (Å²) >= 11 is 0. The predicted octanol–water partition coefficient (Wildman–Crippen LogP) is 5.02. The van der Waals surface area contributed by atoms with Crippen molar-refractivity contribution in [2.24, 2.45) is 0 Å². The van der Waals surface area contributed by atoms with Gasteiger partial charge in [0.1, 0.15) is 5.82 Å². The van der Waals surface area contributed by atoms with Crippen molar-refractivity contribution < 1.29 is 17.6 Å². The van der Waals surface area contributed by atoms with Gasteiger partial charge in [0.05, 0.1) is 5.56 Å². The van der Waals surface area contributed by atoms with Crippen molar-refractivity contribution in [3.63, 3.8) is 0 Å². The van der Waals surface area contributed by atoms with Crippen molar-refractivity contribution in [3.8, 4) is 0 Å². The fourth-order valence-electron chi connectivity index (χ4n) is 2.01. The van der Waals surface area contributed by atoms with E-state index in [1.165, 1.54) is 36.4 Å². The van der Waals surface area contributed by atoms with E-state index in [9.17, 15) is 17.6 Å². The lowest BCUT2D eigenvalue weighted by Gasteiger charge is -2.20. The fraction of sp³-hybridized carbons (Fsp3) is 0.200. The summed E-state index contributed by atoms with van der Waals surface area (Å²) in [5.74, 6) is -0.390. The molecule has 1 atom stereocenters. The van der Waals surface area contributed by atoms with Gasteiger partial charge in [-0.15, -0.1) is 0 Å².